The summed E-state index contributed by atoms with van der Waals surface area (Å²) in [5.41, 5.74) is 3.02. The fourth-order valence-corrected chi connectivity index (χ4v) is 3.74. The first-order valence-electron chi connectivity index (χ1n) is 10.5. The van der Waals surface area contributed by atoms with Gasteiger partial charge in [-0.1, -0.05) is 0 Å². The van der Waals surface area contributed by atoms with Crippen molar-refractivity contribution >= 4 is 17.6 Å². The lowest BCUT2D eigenvalue weighted by Crippen LogP contribution is -2.49. The van der Waals surface area contributed by atoms with Crippen LogP contribution in [0.15, 0.2) is 29.5 Å². The van der Waals surface area contributed by atoms with E-state index >= 15 is 0 Å². The molecule has 0 bridgehead atoms. The van der Waals surface area contributed by atoms with Crippen LogP contribution in [-0.4, -0.2) is 65.6 Å². The monoisotopic (exact) mass is 427 g/mol. The number of hydrogen-bond acceptors (Lipinski definition) is 7. The number of amides is 1. The van der Waals surface area contributed by atoms with Gasteiger partial charge in [0.25, 0.3) is 0 Å². The van der Waals surface area contributed by atoms with Gasteiger partial charge in [0.15, 0.2) is 11.6 Å². The normalized spacial score (nSPS) is 15.7. The van der Waals surface area contributed by atoms with Gasteiger partial charge in [0, 0.05) is 37.8 Å². The Balaban J connectivity index is 1.53. The smallest absolute Gasteiger partial charge is 0.409 e. The van der Waals surface area contributed by atoms with Gasteiger partial charge in [0.05, 0.1) is 30.7 Å². The number of halogens is 1. The third-order valence-electron chi connectivity index (χ3n) is 5.21. The molecule has 1 aromatic carbocycles. The van der Waals surface area contributed by atoms with Gasteiger partial charge in [0.1, 0.15) is 12.1 Å². The molecule has 2 aromatic rings. The van der Waals surface area contributed by atoms with Crippen LogP contribution in [0, 0.1) is 5.82 Å². The Bertz CT molecular complexity index is 1000. The molecule has 1 fully saturated rings. The van der Waals surface area contributed by atoms with Crippen LogP contribution in [0.5, 0.6) is 5.75 Å². The number of ether oxygens (including phenoxy) is 2. The Morgan fingerprint density at radius 3 is 2.65 bits per heavy atom. The molecule has 31 heavy (non-hydrogen) atoms. The molecule has 0 N–H and O–H groups in total. The third-order valence-corrected chi connectivity index (χ3v) is 5.21. The van der Waals surface area contributed by atoms with E-state index in [1.54, 1.807) is 17.9 Å². The Kier molecular flexibility index (Phi) is 6.01. The van der Waals surface area contributed by atoms with E-state index in [1.165, 1.54) is 12.4 Å². The van der Waals surface area contributed by atoms with Crippen LogP contribution in [0.3, 0.4) is 0 Å². The molecule has 0 aliphatic carbocycles. The fraction of sp³-hybridized carbons (Fsp3) is 0.455. The molecule has 2 aliphatic heterocycles. The van der Waals surface area contributed by atoms with Crippen molar-refractivity contribution in [1.82, 2.24) is 14.9 Å². The molecule has 164 valence electrons. The summed E-state index contributed by atoms with van der Waals surface area (Å²) in [6.45, 7) is 8.72. The molecule has 1 saturated heterocycles. The van der Waals surface area contributed by atoms with Crippen LogP contribution in [0.2, 0.25) is 0 Å². The predicted octanol–water partition coefficient (Wildman–Crippen LogP) is 3.03. The highest BCUT2D eigenvalue weighted by Gasteiger charge is 2.25. The maximum atomic E-state index is 14.3. The number of aliphatic imine (C=N–C) groups is 1. The first kappa shape index (κ1) is 21.0. The van der Waals surface area contributed by atoms with E-state index in [9.17, 15) is 9.18 Å². The number of nitrogens with zero attached hydrogens (tertiary/aromatic N) is 5. The second-order valence-electron chi connectivity index (χ2n) is 7.71. The molecule has 8 nitrogen and oxygen atoms in total. The molecule has 1 aromatic heterocycles. The molecular formula is C22H26FN5O3. The van der Waals surface area contributed by atoms with Gasteiger partial charge < -0.3 is 19.3 Å². The highest BCUT2D eigenvalue weighted by molar-refractivity contribution is 6.14. The van der Waals surface area contributed by atoms with Crippen molar-refractivity contribution in [2.45, 2.75) is 33.4 Å². The van der Waals surface area contributed by atoms with Gasteiger partial charge in [-0.25, -0.2) is 19.2 Å². The van der Waals surface area contributed by atoms with Crippen LogP contribution >= 0.6 is 0 Å². The van der Waals surface area contributed by atoms with Crippen LogP contribution < -0.4 is 9.64 Å². The molecular weight excluding hydrogens is 401 g/mol. The molecule has 0 atom stereocenters. The third kappa shape index (κ3) is 4.45. The summed E-state index contributed by atoms with van der Waals surface area (Å²) in [5.74, 6) is 0.602. The Morgan fingerprint density at radius 1 is 1.16 bits per heavy atom. The molecule has 0 radical (unpaired) electrons. The first-order chi connectivity index (χ1) is 15.0. The SMILES string of the molecule is CCOC(=O)N1CCN(c2cc(C3=NCc4cc(F)c(OC(C)C)cc43)ncn2)CC1. The van der Waals surface area contributed by atoms with E-state index in [1.807, 2.05) is 19.9 Å². The van der Waals surface area contributed by atoms with E-state index in [-0.39, 0.29) is 23.8 Å². The van der Waals surface area contributed by atoms with Gasteiger partial charge in [-0.15, -0.1) is 0 Å². The van der Waals surface area contributed by atoms with Crippen molar-refractivity contribution in [3.8, 4) is 5.75 Å². The second kappa shape index (κ2) is 8.87. The zero-order valence-corrected chi connectivity index (χ0v) is 18.0. The average molecular weight is 427 g/mol. The van der Waals surface area contributed by atoms with Crippen molar-refractivity contribution in [2.24, 2.45) is 4.99 Å². The number of aromatic nitrogens is 2. The van der Waals surface area contributed by atoms with Gasteiger partial charge in [-0.2, -0.15) is 0 Å². The number of anilines is 1. The summed E-state index contributed by atoms with van der Waals surface area (Å²) in [6.07, 6.45) is 1.10. The Morgan fingerprint density at radius 2 is 1.94 bits per heavy atom. The summed E-state index contributed by atoms with van der Waals surface area (Å²) < 4.78 is 25.0. The number of benzene rings is 1. The zero-order valence-electron chi connectivity index (χ0n) is 18.0. The quantitative estimate of drug-likeness (QED) is 0.730. The van der Waals surface area contributed by atoms with Crippen molar-refractivity contribution in [3.63, 3.8) is 0 Å². The summed E-state index contributed by atoms with van der Waals surface area (Å²) >= 11 is 0. The van der Waals surface area contributed by atoms with Crippen LogP contribution in [0.25, 0.3) is 0 Å². The molecule has 0 unspecified atom stereocenters. The van der Waals surface area contributed by atoms with E-state index in [4.69, 9.17) is 9.47 Å². The Hall–Kier alpha value is -3.23. The van der Waals surface area contributed by atoms with Crippen molar-refractivity contribution in [2.75, 3.05) is 37.7 Å². The maximum absolute atomic E-state index is 14.3. The van der Waals surface area contributed by atoms with E-state index in [0.717, 1.165) is 16.9 Å². The minimum atomic E-state index is -0.383. The Labute approximate surface area is 180 Å². The fourth-order valence-electron chi connectivity index (χ4n) is 3.74. The summed E-state index contributed by atoms with van der Waals surface area (Å²) in [6, 6.07) is 5.08. The van der Waals surface area contributed by atoms with E-state index < -0.39 is 0 Å². The van der Waals surface area contributed by atoms with Gasteiger partial charge in [-0.3, -0.25) is 4.99 Å². The van der Waals surface area contributed by atoms with Gasteiger partial charge >= 0.3 is 6.09 Å². The predicted molar refractivity (Wildman–Crippen MR) is 114 cm³/mol. The molecule has 0 saturated carbocycles. The maximum Gasteiger partial charge on any atom is 0.409 e. The minimum Gasteiger partial charge on any atom is -0.488 e. The summed E-state index contributed by atoms with van der Waals surface area (Å²) in [7, 11) is 0. The highest BCUT2D eigenvalue weighted by Crippen LogP contribution is 2.30. The lowest BCUT2D eigenvalue weighted by atomic mass is 10.0. The molecule has 9 heteroatoms. The van der Waals surface area contributed by atoms with Crippen molar-refractivity contribution in [1.29, 1.82) is 0 Å². The number of carbonyl (C=O) groups is 1. The largest absolute Gasteiger partial charge is 0.488 e. The number of piperazine rings is 1. The molecule has 4 rings (SSSR count). The molecule has 1 amide bonds. The number of hydrogen-bond donors (Lipinski definition) is 0. The average Bonchev–Trinajstić information content (AvgIpc) is 3.16. The lowest BCUT2D eigenvalue weighted by Gasteiger charge is -2.34. The van der Waals surface area contributed by atoms with Gasteiger partial charge in [0.2, 0.25) is 0 Å². The molecule has 0 spiro atoms. The van der Waals surface area contributed by atoms with Crippen LogP contribution in [-0.2, 0) is 11.3 Å². The number of carbonyl (C=O) groups excluding carboxylic acids is 1. The topological polar surface area (TPSA) is 80.2 Å². The zero-order chi connectivity index (χ0) is 22.0. The first-order valence-corrected chi connectivity index (χ1v) is 10.5. The summed E-state index contributed by atoms with van der Waals surface area (Å²) in [5, 5.41) is 0. The molecule has 2 aliphatic rings. The summed E-state index contributed by atoms with van der Waals surface area (Å²) in [4.78, 5) is 29.1. The van der Waals surface area contributed by atoms with Crippen molar-refractivity contribution in [3.05, 3.63) is 47.2 Å². The number of fused-ring (bicyclic) bond motifs is 1. The standard InChI is InChI=1S/C22H26FN5O3/c1-4-30-22(29)28-7-5-27(6-8-28)20-11-18(25-13-26-20)21-16-10-19(31-14(2)3)17(23)9-15(16)12-24-21/h9-11,13-14H,4-8,12H2,1-3H3. The number of rotatable bonds is 5. The van der Waals surface area contributed by atoms with Gasteiger partial charge in [-0.05, 0) is 38.5 Å². The lowest BCUT2D eigenvalue weighted by molar-refractivity contribution is 0.105. The van der Waals surface area contributed by atoms with Crippen LogP contribution in [0.4, 0.5) is 15.0 Å². The highest BCUT2D eigenvalue weighted by atomic mass is 19.1. The van der Waals surface area contributed by atoms with E-state index in [0.29, 0.717) is 50.7 Å². The molecule has 3 heterocycles. The second-order valence-corrected chi connectivity index (χ2v) is 7.71. The van der Waals surface area contributed by atoms with Crippen molar-refractivity contribution < 1.29 is 18.7 Å². The minimum absolute atomic E-state index is 0.131. The van der Waals surface area contributed by atoms with Crippen LogP contribution in [0.1, 0.15) is 37.6 Å². The van der Waals surface area contributed by atoms with E-state index in [2.05, 4.69) is 19.9 Å².